The van der Waals surface area contributed by atoms with Gasteiger partial charge in [0.2, 0.25) is 0 Å². The molecule has 0 aliphatic rings. The minimum Gasteiger partial charge on any atom is -0.431 e. The lowest BCUT2D eigenvalue weighted by atomic mass is 10.2. The molecule has 0 fully saturated rings. The molecule has 0 amide bonds. The second-order valence-electron chi connectivity index (χ2n) is 4.69. The van der Waals surface area contributed by atoms with E-state index in [9.17, 15) is 0 Å². The number of para-hydroxylation sites is 3. The lowest BCUT2D eigenvalue weighted by Gasteiger charge is -2.24. The molecule has 0 atom stereocenters. The van der Waals surface area contributed by atoms with Crippen LogP contribution in [0, 0.1) is 0 Å². The normalized spacial score (nSPS) is 10.0. The van der Waals surface area contributed by atoms with Crippen LogP contribution in [0.15, 0.2) is 91.0 Å². The third-order valence-corrected chi connectivity index (χ3v) is 3.43. The lowest BCUT2D eigenvalue weighted by molar-refractivity contribution is 0.555. The molecule has 0 radical (unpaired) electrons. The summed E-state index contributed by atoms with van der Waals surface area (Å²) >= 11 is 5.53. The summed E-state index contributed by atoms with van der Waals surface area (Å²) in [5.41, 5.74) is 1.93. The molecule has 0 saturated heterocycles. The Bertz CT molecular complexity index is 690. The monoisotopic (exact) mass is 305 g/mol. The summed E-state index contributed by atoms with van der Waals surface area (Å²) in [5.74, 6) is 0.726. The van der Waals surface area contributed by atoms with Crippen molar-refractivity contribution in [1.29, 1.82) is 0 Å². The Balaban J connectivity index is 1.94. The number of benzene rings is 3. The maximum Gasteiger partial charge on any atom is 0.274 e. The average Bonchev–Trinajstić information content (AvgIpc) is 2.58. The third-order valence-electron chi connectivity index (χ3n) is 3.16. The summed E-state index contributed by atoms with van der Waals surface area (Å²) in [6.07, 6.45) is 0. The predicted octanol–water partition coefficient (Wildman–Crippen LogP) is 5.19. The minimum absolute atomic E-state index is 0.392. The number of ether oxygens (including phenoxy) is 1. The number of anilines is 2. The van der Waals surface area contributed by atoms with Crippen molar-refractivity contribution in [3.63, 3.8) is 0 Å². The molecule has 0 aliphatic heterocycles. The van der Waals surface area contributed by atoms with Gasteiger partial charge in [-0.2, -0.15) is 0 Å². The molecule has 2 nitrogen and oxygen atoms in total. The van der Waals surface area contributed by atoms with Crippen LogP contribution in [0.4, 0.5) is 11.4 Å². The standard InChI is InChI=1S/C19H15NOS/c22-19(21-18-14-8-3-9-15-18)20(16-10-4-1-5-11-16)17-12-6-2-7-13-17/h1-15H. The van der Waals surface area contributed by atoms with Gasteiger partial charge in [0.25, 0.3) is 5.17 Å². The van der Waals surface area contributed by atoms with Gasteiger partial charge in [0, 0.05) is 11.4 Å². The van der Waals surface area contributed by atoms with Gasteiger partial charge in [-0.25, -0.2) is 0 Å². The summed E-state index contributed by atoms with van der Waals surface area (Å²) in [6, 6.07) is 29.5. The van der Waals surface area contributed by atoms with E-state index in [1.165, 1.54) is 0 Å². The topological polar surface area (TPSA) is 12.5 Å². The fourth-order valence-corrected chi connectivity index (χ4v) is 2.46. The van der Waals surface area contributed by atoms with Gasteiger partial charge in [0.05, 0.1) is 0 Å². The Kier molecular flexibility index (Phi) is 4.47. The molecule has 22 heavy (non-hydrogen) atoms. The van der Waals surface area contributed by atoms with Crippen LogP contribution in [0.3, 0.4) is 0 Å². The molecule has 3 aromatic rings. The van der Waals surface area contributed by atoms with Gasteiger partial charge in [0.15, 0.2) is 0 Å². The third kappa shape index (κ3) is 3.32. The molecule has 0 saturated carbocycles. The van der Waals surface area contributed by atoms with Gasteiger partial charge in [-0.15, -0.1) is 0 Å². The van der Waals surface area contributed by atoms with Gasteiger partial charge in [0.1, 0.15) is 5.75 Å². The van der Waals surface area contributed by atoms with Crippen molar-refractivity contribution in [1.82, 2.24) is 0 Å². The number of thiocarbonyl (C=S) groups is 1. The maximum absolute atomic E-state index is 5.84. The van der Waals surface area contributed by atoms with Crippen LogP contribution in [-0.4, -0.2) is 5.17 Å². The molecular weight excluding hydrogens is 290 g/mol. The first-order valence-electron chi connectivity index (χ1n) is 7.02. The first-order chi connectivity index (χ1) is 10.8. The summed E-state index contributed by atoms with van der Waals surface area (Å²) in [4.78, 5) is 1.92. The Morgan fingerprint density at radius 2 is 1.05 bits per heavy atom. The van der Waals surface area contributed by atoms with Crippen LogP contribution < -0.4 is 9.64 Å². The van der Waals surface area contributed by atoms with Crippen LogP contribution in [-0.2, 0) is 0 Å². The van der Waals surface area contributed by atoms with Gasteiger partial charge in [-0.3, -0.25) is 4.90 Å². The summed E-state index contributed by atoms with van der Waals surface area (Å²) in [7, 11) is 0. The van der Waals surface area contributed by atoms with Crippen molar-refractivity contribution in [2.45, 2.75) is 0 Å². The van der Waals surface area contributed by atoms with Crippen molar-refractivity contribution in [3.05, 3.63) is 91.0 Å². The lowest BCUT2D eigenvalue weighted by Crippen LogP contribution is -2.28. The van der Waals surface area contributed by atoms with E-state index in [2.05, 4.69) is 0 Å². The van der Waals surface area contributed by atoms with Crippen LogP contribution >= 0.6 is 12.2 Å². The SMILES string of the molecule is S=C(Oc1ccccc1)N(c1ccccc1)c1ccccc1. The number of hydrogen-bond acceptors (Lipinski definition) is 2. The van der Waals surface area contributed by atoms with Gasteiger partial charge in [-0.05, 0) is 48.6 Å². The Morgan fingerprint density at radius 1 is 0.636 bits per heavy atom. The van der Waals surface area contributed by atoms with Gasteiger partial charge >= 0.3 is 0 Å². The molecule has 0 heterocycles. The van der Waals surface area contributed by atoms with Gasteiger partial charge in [-0.1, -0.05) is 54.6 Å². The average molecular weight is 305 g/mol. The molecule has 0 aliphatic carbocycles. The Morgan fingerprint density at radius 3 is 1.50 bits per heavy atom. The second-order valence-corrected chi connectivity index (χ2v) is 5.04. The van der Waals surface area contributed by atoms with Crippen LogP contribution in [0.1, 0.15) is 0 Å². The highest BCUT2D eigenvalue weighted by molar-refractivity contribution is 7.80. The van der Waals surface area contributed by atoms with Crippen LogP contribution in [0.2, 0.25) is 0 Å². The quantitative estimate of drug-likeness (QED) is 0.618. The van der Waals surface area contributed by atoms with E-state index >= 15 is 0 Å². The maximum atomic E-state index is 5.84. The van der Waals surface area contributed by atoms with Crippen molar-refractivity contribution in [2.24, 2.45) is 0 Å². The summed E-state index contributed by atoms with van der Waals surface area (Å²) < 4.78 is 5.84. The van der Waals surface area contributed by atoms with E-state index in [0.29, 0.717) is 5.17 Å². The molecule has 0 N–H and O–H groups in total. The number of nitrogens with zero attached hydrogens (tertiary/aromatic N) is 1. The minimum atomic E-state index is 0.392. The summed E-state index contributed by atoms with van der Waals surface area (Å²) in [5, 5.41) is 0.392. The highest BCUT2D eigenvalue weighted by Gasteiger charge is 2.16. The molecule has 0 unspecified atom stereocenters. The Labute approximate surface area is 135 Å². The highest BCUT2D eigenvalue weighted by Crippen LogP contribution is 2.26. The van der Waals surface area contributed by atoms with Crippen molar-refractivity contribution in [2.75, 3.05) is 4.90 Å². The predicted molar refractivity (Wildman–Crippen MR) is 94.7 cm³/mol. The fraction of sp³-hybridized carbons (Fsp3) is 0. The van der Waals surface area contributed by atoms with Crippen molar-refractivity contribution >= 4 is 28.8 Å². The molecule has 3 rings (SSSR count). The van der Waals surface area contributed by atoms with Crippen LogP contribution in [0.5, 0.6) is 5.75 Å². The molecule has 3 aromatic carbocycles. The number of hydrogen-bond donors (Lipinski definition) is 0. The fourth-order valence-electron chi connectivity index (χ4n) is 2.15. The molecule has 0 spiro atoms. The van der Waals surface area contributed by atoms with Crippen LogP contribution in [0.25, 0.3) is 0 Å². The zero-order chi connectivity index (χ0) is 15.2. The molecule has 108 valence electrons. The van der Waals surface area contributed by atoms with E-state index in [-0.39, 0.29) is 0 Å². The van der Waals surface area contributed by atoms with Crippen molar-refractivity contribution in [3.8, 4) is 5.75 Å². The molecule has 0 aromatic heterocycles. The smallest absolute Gasteiger partial charge is 0.274 e. The van der Waals surface area contributed by atoms with Crippen molar-refractivity contribution < 1.29 is 4.74 Å². The van der Waals surface area contributed by atoms with E-state index in [1.54, 1.807) is 0 Å². The Hall–Kier alpha value is -2.65. The number of rotatable bonds is 3. The summed E-state index contributed by atoms with van der Waals surface area (Å²) in [6.45, 7) is 0. The molecular formula is C19H15NOS. The zero-order valence-corrected chi connectivity index (χ0v) is 12.7. The largest absolute Gasteiger partial charge is 0.431 e. The first-order valence-corrected chi connectivity index (χ1v) is 7.42. The van der Waals surface area contributed by atoms with E-state index in [4.69, 9.17) is 17.0 Å². The van der Waals surface area contributed by atoms with E-state index in [0.717, 1.165) is 17.1 Å². The second kappa shape index (κ2) is 6.87. The van der Waals surface area contributed by atoms with E-state index in [1.807, 2.05) is 95.9 Å². The van der Waals surface area contributed by atoms with Gasteiger partial charge < -0.3 is 4.74 Å². The molecule has 3 heteroatoms. The first kappa shape index (κ1) is 14.3. The zero-order valence-electron chi connectivity index (χ0n) is 11.9. The van der Waals surface area contributed by atoms with E-state index < -0.39 is 0 Å². The highest BCUT2D eigenvalue weighted by atomic mass is 32.1. The molecule has 0 bridgehead atoms.